The third-order valence-electron chi connectivity index (χ3n) is 6.94. The van der Waals surface area contributed by atoms with Crippen molar-refractivity contribution >= 4 is 39.3 Å². The summed E-state index contributed by atoms with van der Waals surface area (Å²) >= 11 is 1.01. The number of benzene rings is 2. The maximum Gasteiger partial charge on any atom is 0.350 e. The molecule has 1 aliphatic rings. The summed E-state index contributed by atoms with van der Waals surface area (Å²) in [5.41, 5.74) is 3.01. The molecule has 0 aliphatic carbocycles. The van der Waals surface area contributed by atoms with E-state index in [1.807, 2.05) is 20.8 Å². The van der Waals surface area contributed by atoms with E-state index in [0.29, 0.717) is 40.3 Å². The summed E-state index contributed by atoms with van der Waals surface area (Å²) in [5.74, 6) is -0.264. The average molecular weight is 587 g/mol. The lowest BCUT2D eigenvalue weighted by Gasteiger charge is -2.23. The smallest absolute Gasteiger partial charge is 0.350 e. The number of anilines is 1. The number of ether oxygens (including phenoxy) is 3. The fourth-order valence-corrected chi connectivity index (χ4v) is 5.83. The fraction of sp³-hybridized carbons (Fsp3) is 0.250. The number of thiazole rings is 1. The Bertz CT molecular complexity index is 1800. The highest BCUT2D eigenvalue weighted by Crippen LogP contribution is 2.45. The Morgan fingerprint density at radius 2 is 1.79 bits per heavy atom. The zero-order valence-corrected chi connectivity index (χ0v) is 24.6. The molecule has 0 saturated heterocycles. The molecule has 1 aliphatic heterocycles. The van der Waals surface area contributed by atoms with Gasteiger partial charge in [0.05, 0.1) is 29.3 Å². The molecule has 5 rings (SSSR count). The van der Waals surface area contributed by atoms with Gasteiger partial charge in [0.25, 0.3) is 5.91 Å². The second-order valence-electron chi connectivity index (χ2n) is 9.72. The summed E-state index contributed by atoms with van der Waals surface area (Å²) in [7, 11) is 0. The van der Waals surface area contributed by atoms with Crippen molar-refractivity contribution in [2.45, 2.75) is 33.7 Å². The normalized spacial score (nSPS) is 14.1. The molecule has 1 atom stereocenters. The molecule has 3 heterocycles. The fourth-order valence-electron chi connectivity index (χ4n) is 4.85. The SMILES string of the molecule is C=CCOC(=O)c1sc(N2C(=O)c3oc4cc(C)c(C)cc4c(=O)c3C2c2ccc(OCC=C)c(OCC)c2)nc1C. The third kappa shape index (κ3) is 4.98. The van der Waals surface area contributed by atoms with Crippen LogP contribution in [0.3, 0.4) is 0 Å². The van der Waals surface area contributed by atoms with E-state index < -0.39 is 17.9 Å². The predicted octanol–water partition coefficient (Wildman–Crippen LogP) is 6.23. The molecule has 0 spiro atoms. The molecule has 42 heavy (non-hydrogen) atoms. The number of aromatic nitrogens is 1. The van der Waals surface area contributed by atoms with E-state index in [9.17, 15) is 14.4 Å². The second kappa shape index (κ2) is 11.7. The van der Waals surface area contributed by atoms with Crippen molar-refractivity contribution in [2.24, 2.45) is 0 Å². The standard InChI is InChI=1S/C32H30N2O7S/c1-7-12-39-22-11-10-20(16-24(22)38-9-3)26-25-27(35)21-14-17(4)18(5)15-23(21)41-28(25)30(36)34(26)32-33-19(6)29(42-32)31(37)40-13-8-2/h7-8,10-11,14-16,26H,1-2,9,12-13H2,3-6H3. The van der Waals surface area contributed by atoms with Crippen LogP contribution in [0.2, 0.25) is 0 Å². The molecule has 0 fully saturated rings. The number of fused-ring (bicyclic) bond motifs is 2. The van der Waals surface area contributed by atoms with Crippen LogP contribution in [0.4, 0.5) is 5.13 Å². The van der Waals surface area contributed by atoms with Crippen molar-refractivity contribution in [3.63, 3.8) is 0 Å². The Kier molecular flexibility index (Phi) is 8.00. The predicted molar refractivity (Wildman–Crippen MR) is 161 cm³/mol. The number of esters is 1. The van der Waals surface area contributed by atoms with Crippen molar-refractivity contribution in [1.82, 2.24) is 4.98 Å². The van der Waals surface area contributed by atoms with Gasteiger partial charge < -0.3 is 18.6 Å². The maximum atomic E-state index is 14.1. The van der Waals surface area contributed by atoms with Gasteiger partial charge in [-0.3, -0.25) is 14.5 Å². The number of hydrogen-bond donors (Lipinski definition) is 0. The van der Waals surface area contributed by atoms with E-state index in [0.717, 1.165) is 22.5 Å². The highest BCUT2D eigenvalue weighted by molar-refractivity contribution is 7.17. The van der Waals surface area contributed by atoms with Gasteiger partial charge in [-0.05, 0) is 68.7 Å². The van der Waals surface area contributed by atoms with E-state index in [2.05, 4.69) is 18.1 Å². The second-order valence-corrected chi connectivity index (χ2v) is 10.7. The van der Waals surface area contributed by atoms with Crippen LogP contribution in [0.1, 0.15) is 61.1 Å². The third-order valence-corrected chi connectivity index (χ3v) is 8.07. The van der Waals surface area contributed by atoms with Crippen LogP contribution in [0.25, 0.3) is 11.0 Å². The maximum absolute atomic E-state index is 14.1. The molecule has 2 aromatic carbocycles. The monoisotopic (exact) mass is 586 g/mol. The van der Waals surface area contributed by atoms with Gasteiger partial charge in [-0.1, -0.05) is 42.7 Å². The highest BCUT2D eigenvalue weighted by atomic mass is 32.1. The number of hydrogen-bond acceptors (Lipinski definition) is 9. The van der Waals surface area contributed by atoms with Gasteiger partial charge in [0.2, 0.25) is 5.76 Å². The van der Waals surface area contributed by atoms with Gasteiger partial charge in [-0.25, -0.2) is 9.78 Å². The van der Waals surface area contributed by atoms with Crippen LogP contribution in [0.5, 0.6) is 11.5 Å². The number of aryl methyl sites for hydroxylation is 3. The topological polar surface area (TPSA) is 108 Å². The summed E-state index contributed by atoms with van der Waals surface area (Å²) in [6.07, 6.45) is 3.09. The summed E-state index contributed by atoms with van der Waals surface area (Å²) in [6.45, 7) is 15.3. The Morgan fingerprint density at radius 3 is 2.50 bits per heavy atom. The van der Waals surface area contributed by atoms with Gasteiger partial charge in [-0.15, -0.1) is 0 Å². The average Bonchev–Trinajstić information content (AvgIpc) is 3.49. The van der Waals surface area contributed by atoms with Crippen LogP contribution in [-0.2, 0) is 4.74 Å². The van der Waals surface area contributed by atoms with E-state index in [1.165, 1.54) is 11.0 Å². The molecular formula is C32H30N2O7S. The Labute approximate surface area is 246 Å². The minimum atomic E-state index is -0.912. The molecule has 4 aromatic rings. The molecule has 216 valence electrons. The first-order valence-corrected chi connectivity index (χ1v) is 14.2. The number of carbonyl (C=O) groups excluding carboxylic acids is 2. The van der Waals surface area contributed by atoms with Crippen LogP contribution in [0.15, 0.2) is 64.9 Å². The molecule has 2 aromatic heterocycles. The largest absolute Gasteiger partial charge is 0.490 e. The molecule has 0 N–H and O–H groups in total. The Hall–Kier alpha value is -4.70. The number of rotatable bonds is 10. The molecule has 0 bridgehead atoms. The number of amides is 1. The van der Waals surface area contributed by atoms with Crippen LogP contribution in [-0.4, -0.2) is 36.7 Å². The van der Waals surface area contributed by atoms with E-state index >= 15 is 0 Å². The molecular weight excluding hydrogens is 556 g/mol. The molecule has 0 saturated carbocycles. The zero-order valence-electron chi connectivity index (χ0n) is 23.8. The van der Waals surface area contributed by atoms with Gasteiger partial charge in [0.1, 0.15) is 23.7 Å². The summed E-state index contributed by atoms with van der Waals surface area (Å²) in [4.78, 5) is 47.1. The lowest BCUT2D eigenvalue weighted by Crippen LogP contribution is -2.29. The first kappa shape index (κ1) is 28.8. The molecule has 9 nitrogen and oxygen atoms in total. The zero-order chi connectivity index (χ0) is 30.1. The summed E-state index contributed by atoms with van der Waals surface area (Å²) < 4.78 is 23.0. The van der Waals surface area contributed by atoms with Crippen LogP contribution in [0, 0.1) is 20.8 Å². The summed E-state index contributed by atoms with van der Waals surface area (Å²) in [6, 6.07) is 7.87. The lowest BCUT2D eigenvalue weighted by atomic mass is 9.97. The van der Waals surface area contributed by atoms with Crippen molar-refractivity contribution < 1.29 is 28.2 Å². The first-order chi connectivity index (χ1) is 20.2. The van der Waals surface area contributed by atoms with Crippen LogP contribution >= 0.6 is 11.3 Å². The van der Waals surface area contributed by atoms with Gasteiger partial charge in [-0.2, -0.15) is 0 Å². The molecule has 10 heteroatoms. The van der Waals surface area contributed by atoms with Gasteiger partial charge in [0, 0.05) is 0 Å². The minimum absolute atomic E-state index is 0.0343. The number of nitrogens with zero attached hydrogens (tertiary/aromatic N) is 2. The minimum Gasteiger partial charge on any atom is -0.490 e. The van der Waals surface area contributed by atoms with Crippen molar-refractivity contribution in [3.05, 3.63) is 104 Å². The van der Waals surface area contributed by atoms with E-state index in [1.54, 1.807) is 43.3 Å². The molecule has 1 amide bonds. The summed E-state index contributed by atoms with van der Waals surface area (Å²) in [5, 5.41) is 0.594. The van der Waals surface area contributed by atoms with E-state index in [4.69, 9.17) is 18.6 Å². The Morgan fingerprint density at radius 1 is 1.05 bits per heavy atom. The number of carbonyl (C=O) groups is 2. The quantitative estimate of drug-likeness (QED) is 0.159. The van der Waals surface area contributed by atoms with Gasteiger partial charge >= 0.3 is 5.97 Å². The highest BCUT2D eigenvalue weighted by Gasteiger charge is 2.45. The first-order valence-electron chi connectivity index (χ1n) is 13.4. The van der Waals surface area contributed by atoms with Crippen molar-refractivity contribution in [2.75, 3.05) is 24.7 Å². The van der Waals surface area contributed by atoms with Crippen molar-refractivity contribution in [1.29, 1.82) is 0 Å². The molecule has 0 radical (unpaired) electrons. The van der Waals surface area contributed by atoms with E-state index in [-0.39, 0.29) is 40.0 Å². The molecule has 1 unspecified atom stereocenters. The van der Waals surface area contributed by atoms with Crippen LogP contribution < -0.4 is 19.8 Å². The van der Waals surface area contributed by atoms with Crippen molar-refractivity contribution in [3.8, 4) is 11.5 Å². The van der Waals surface area contributed by atoms with Gasteiger partial charge in [0.15, 0.2) is 22.1 Å². The Balaban J connectivity index is 1.74. The lowest BCUT2D eigenvalue weighted by molar-refractivity contribution is 0.0554.